The number of rotatable bonds is 18. The summed E-state index contributed by atoms with van der Waals surface area (Å²) in [5.41, 5.74) is 14.8. The first-order valence-electron chi connectivity index (χ1n) is 26.2. The van der Waals surface area contributed by atoms with Crippen LogP contribution in [-0.4, -0.2) is 26.4 Å². The molecule has 0 aliphatic heterocycles. The van der Waals surface area contributed by atoms with Crippen molar-refractivity contribution in [3.8, 4) is 23.0 Å². The van der Waals surface area contributed by atoms with Crippen LogP contribution in [0.15, 0.2) is 48.5 Å². The van der Waals surface area contributed by atoms with E-state index in [0.29, 0.717) is 52.1 Å². The highest BCUT2D eigenvalue weighted by atomic mass is 16.5. The second-order valence-corrected chi connectivity index (χ2v) is 23.7. The standard InChI is InChI=1S/C62H92O4/c1-17-21-23-25-29-65-57-47-32-45-37-51(59(5,6)7)35-43(55(45)63-27-19-3)31-44-36-52(60(8,9)10)38-46(56(44)64-28-20-4)33-48-40-54(62(14,15)16)42-50(58(48)66-30-26-24-22-18-2)34-49(57)41-53(39-47)61(11,12)13/h35-42H,17-34H2,1-16H3. The fraction of sp³-hybridized carbons (Fsp3) is 0.613. The molecule has 1 aliphatic rings. The lowest BCUT2D eigenvalue weighted by atomic mass is 9.79. The Bertz CT molecular complexity index is 2040. The van der Waals surface area contributed by atoms with Crippen LogP contribution in [0.2, 0.25) is 0 Å². The molecule has 0 fully saturated rings. The minimum absolute atomic E-state index is 0.0783. The Morgan fingerprint density at radius 2 is 0.500 bits per heavy atom. The Balaban J connectivity index is 1.98. The summed E-state index contributed by atoms with van der Waals surface area (Å²) in [6.45, 7) is 39.8. The number of fused-ring (bicyclic) bond motifs is 8. The lowest BCUT2D eigenvalue weighted by Gasteiger charge is -2.29. The molecule has 8 bridgehead atoms. The van der Waals surface area contributed by atoms with Gasteiger partial charge in [0.25, 0.3) is 0 Å². The van der Waals surface area contributed by atoms with Crippen molar-refractivity contribution in [2.75, 3.05) is 26.4 Å². The average molecular weight is 901 g/mol. The van der Waals surface area contributed by atoms with Crippen LogP contribution >= 0.6 is 0 Å². The fourth-order valence-corrected chi connectivity index (χ4v) is 9.18. The highest BCUT2D eigenvalue weighted by Gasteiger charge is 2.29. The van der Waals surface area contributed by atoms with E-state index in [1.54, 1.807) is 0 Å². The van der Waals surface area contributed by atoms with E-state index >= 15 is 0 Å². The van der Waals surface area contributed by atoms with Crippen LogP contribution in [0.5, 0.6) is 23.0 Å². The molecule has 0 atom stereocenters. The van der Waals surface area contributed by atoms with E-state index in [9.17, 15) is 0 Å². The molecule has 0 N–H and O–H groups in total. The van der Waals surface area contributed by atoms with Crippen LogP contribution in [0, 0.1) is 0 Å². The van der Waals surface area contributed by atoms with Gasteiger partial charge < -0.3 is 18.9 Å². The van der Waals surface area contributed by atoms with Gasteiger partial charge in [0.2, 0.25) is 0 Å². The maximum Gasteiger partial charge on any atom is 0.126 e. The molecule has 5 rings (SSSR count). The molecule has 0 spiro atoms. The van der Waals surface area contributed by atoms with Crippen molar-refractivity contribution < 1.29 is 18.9 Å². The first kappa shape index (κ1) is 53.0. The second-order valence-electron chi connectivity index (χ2n) is 23.7. The lowest BCUT2D eigenvalue weighted by molar-refractivity contribution is 0.295. The van der Waals surface area contributed by atoms with Gasteiger partial charge in [-0.05, 0) is 114 Å². The van der Waals surface area contributed by atoms with E-state index < -0.39 is 0 Å². The summed E-state index contributed by atoms with van der Waals surface area (Å²) in [6.07, 6.45) is 13.9. The van der Waals surface area contributed by atoms with E-state index in [1.165, 1.54) is 105 Å². The molecule has 4 aromatic carbocycles. The summed E-state index contributed by atoms with van der Waals surface area (Å²) in [7, 11) is 0. The smallest absolute Gasteiger partial charge is 0.126 e. The molecule has 4 nitrogen and oxygen atoms in total. The monoisotopic (exact) mass is 901 g/mol. The van der Waals surface area contributed by atoms with Gasteiger partial charge in [0.1, 0.15) is 23.0 Å². The minimum atomic E-state index is -0.0800. The van der Waals surface area contributed by atoms with E-state index in [4.69, 9.17) is 18.9 Å². The number of hydrogen-bond acceptors (Lipinski definition) is 4. The van der Waals surface area contributed by atoms with Crippen LogP contribution in [0.1, 0.15) is 242 Å². The van der Waals surface area contributed by atoms with Crippen LogP contribution in [0.25, 0.3) is 0 Å². The molecule has 0 saturated carbocycles. The van der Waals surface area contributed by atoms with Gasteiger partial charge in [-0.25, -0.2) is 0 Å². The van der Waals surface area contributed by atoms with E-state index in [0.717, 1.165) is 48.7 Å². The van der Waals surface area contributed by atoms with Crippen LogP contribution < -0.4 is 18.9 Å². The summed E-state index contributed by atoms with van der Waals surface area (Å²) in [5, 5.41) is 0. The van der Waals surface area contributed by atoms with Gasteiger partial charge in [0.05, 0.1) is 26.4 Å². The van der Waals surface area contributed by atoms with Crippen molar-refractivity contribution in [3.63, 3.8) is 0 Å². The van der Waals surface area contributed by atoms with Crippen molar-refractivity contribution in [2.45, 2.75) is 222 Å². The predicted octanol–water partition coefficient (Wildman–Crippen LogP) is 17.0. The molecule has 66 heavy (non-hydrogen) atoms. The Hall–Kier alpha value is -3.92. The maximum absolute atomic E-state index is 7.19. The third kappa shape index (κ3) is 14.1. The van der Waals surface area contributed by atoms with Crippen molar-refractivity contribution in [2.24, 2.45) is 0 Å². The van der Waals surface area contributed by atoms with Gasteiger partial charge >= 0.3 is 0 Å². The molecule has 0 unspecified atom stereocenters. The van der Waals surface area contributed by atoms with Crippen molar-refractivity contribution in [1.82, 2.24) is 0 Å². The SMILES string of the molecule is CCCCCCOc1c2cc(C(C)(C)C)cc1Cc1cc(C(C)(C)C)cc(c1OCCCCCC)Cc1cc(C(C)(C)C)cc(c1OCCC)Cc1cc(C(C)(C)C)cc(c1OCCC)C2. The minimum Gasteiger partial charge on any atom is -0.493 e. The van der Waals surface area contributed by atoms with Gasteiger partial charge in [-0.15, -0.1) is 0 Å². The molecule has 0 heterocycles. The summed E-state index contributed by atoms with van der Waals surface area (Å²) in [5.74, 6) is 4.08. The number of unbranched alkanes of at least 4 members (excludes halogenated alkanes) is 6. The van der Waals surface area contributed by atoms with Crippen LogP contribution in [-0.2, 0) is 47.3 Å². The predicted molar refractivity (Wildman–Crippen MR) is 283 cm³/mol. The van der Waals surface area contributed by atoms with E-state index in [-0.39, 0.29) is 21.7 Å². The highest BCUT2D eigenvalue weighted by molar-refractivity contribution is 5.60. The van der Waals surface area contributed by atoms with Crippen molar-refractivity contribution in [3.05, 3.63) is 115 Å². The fourth-order valence-electron chi connectivity index (χ4n) is 9.18. The molecule has 0 radical (unpaired) electrons. The Morgan fingerprint density at radius 3 is 0.682 bits per heavy atom. The molecule has 0 saturated heterocycles. The Morgan fingerprint density at radius 1 is 0.288 bits per heavy atom. The van der Waals surface area contributed by atoms with Gasteiger partial charge in [-0.2, -0.15) is 0 Å². The Kier molecular flexibility index (Phi) is 18.4. The maximum atomic E-state index is 7.19. The average Bonchev–Trinajstić information content (AvgIpc) is 3.22. The summed E-state index contributed by atoms with van der Waals surface area (Å²) in [6, 6.07) is 19.6. The third-order valence-corrected chi connectivity index (χ3v) is 13.3. The number of ether oxygens (including phenoxy) is 4. The summed E-state index contributed by atoms with van der Waals surface area (Å²) < 4.78 is 28.4. The van der Waals surface area contributed by atoms with Gasteiger partial charge in [0, 0.05) is 25.7 Å². The van der Waals surface area contributed by atoms with Crippen molar-refractivity contribution in [1.29, 1.82) is 0 Å². The first-order valence-corrected chi connectivity index (χ1v) is 26.2. The first-order chi connectivity index (χ1) is 31.1. The molecular formula is C62H92O4. The molecule has 4 aromatic rings. The van der Waals surface area contributed by atoms with Crippen LogP contribution in [0.3, 0.4) is 0 Å². The summed E-state index contributed by atoms with van der Waals surface area (Å²) in [4.78, 5) is 0. The molecular weight excluding hydrogens is 809 g/mol. The van der Waals surface area contributed by atoms with E-state index in [1.807, 2.05) is 0 Å². The van der Waals surface area contributed by atoms with Gasteiger partial charge in [0.15, 0.2) is 0 Å². The molecule has 4 heteroatoms. The largest absolute Gasteiger partial charge is 0.493 e. The number of hydrogen-bond donors (Lipinski definition) is 0. The second kappa shape index (κ2) is 22.9. The van der Waals surface area contributed by atoms with Crippen molar-refractivity contribution >= 4 is 0 Å². The highest BCUT2D eigenvalue weighted by Crippen LogP contribution is 2.44. The van der Waals surface area contributed by atoms with Gasteiger partial charge in [-0.1, -0.05) is 198 Å². The Labute approximate surface area is 404 Å². The molecule has 0 amide bonds. The molecule has 0 aromatic heterocycles. The topological polar surface area (TPSA) is 36.9 Å². The zero-order valence-corrected chi connectivity index (χ0v) is 45.0. The van der Waals surface area contributed by atoms with E-state index in [2.05, 4.69) is 159 Å². The molecule has 1 aliphatic carbocycles. The summed E-state index contributed by atoms with van der Waals surface area (Å²) >= 11 is 0. The lowest BCUT2D eigenvalue weighted by Crippen LogP contribution is -2.18. The van der Waals surface area contributed by atoms with Gasteiger partial charge in [-0.3, -0.25) is 0 Å². The zero-order valence-electron chi connectivity index (χ0n) is 45.0. The number of benzene rings is 4. The molecule has 364 valence electrons. The third-order valence-electron chi connectivity index (χ3n) is 13.3. The van der Waals surface area contributed by atoms with Crippen LogP contribution in [0.4, 0.5) is 0 Å². The quantitative estimate of drug-likeness (QED) is 0.0821. The normalized spacial score (nSPS) is 13.5. The zero-order chi connectivity index (χ0) is 48.5.